The van der Waals surface area contributed by atoms with Gasteiger partial charge in [0.2, 0.25) is 0 Å². The van der Waals surface area contributed by atoms with E-state index < -0.39 is 0 Å². The topological polar surface area (TPSA) is 12.0 Å². The molecule has 1 aromatic carbocycles. The van der Waals surface area contributed by atoms with Gasteiger partial charge in [-0.15, -0.1) is 0 Å². The maximum atomic E-state index is 13.2. The number of halogens is 1. The second kappa shape index (κ2) is 7.72. The summed E-state index contributed by atoms with van der Waals surface area (Å²) >= 11 is 1.92. The van der Waals surface area contributed by atoms with Crippen LogP contribution in [0.1, 0.15) is 37.4 Å². The highest BCUT2D eigenvalue weighted by molar-refractivity contribution is 7.99. The Labute approximate surface area is 108 Å². The molecule has 1 atom stereocenters. The van der Waals surface area contributed by atoms with Gasteiger partial charge in [-0.05, 0) is 42.8 Å². The summed E-state index contributed by atoms with van der Waals surface area (Å²) in [4.78, 5) is 0. The molecule has 96 valence electrons. The van der Waals surface area contributed by atoms with Gasteiger partial charge in [0.05, 0.1) is 0 Å². The van der Waals surface area contributed by atoms with Crippen LogP contribution in [0.2, 0.25) is 0 Å². The van der Waals surface area contributed by atoms with Crippen LogP contribution >= 0.6 is 11.8 Å². The molecule has 0 saturated heterocycles. The Hall–Kier alpha value is -0.540. The van der Waals surface area contributed by atoms with Crippen molar-refractivity contribution in [2.24, 2.45) is 0 Å². The molecular formula is C14H22FNS. The summed E-state index contributed by atoms with van der Waals surface area (Å²) in [6.07, 6.45) is 1.12. The molecule has 1 unspecified atom stereocenters. The molecule has 0 amide bonds. The van der Waals surface area contributed by atoms with Gasteiger partial charge in [-0.1, -0.05) is 26.0 Å². The molecular weight excluding hydrogens is 233 g/mol. The molecule has 0 spiro atoms. The first-order valence-electron chi connectivity index (χ1n) is 6.26. The molecule has 1 aromatic rings. The smallest absolute Gasteiger partial charge is 0.126 e. The molecule has 0 saturated carbocycles. The molecule has 0 heterocycles. The van der Waals surface area contributed by atoms with E-state index >= 15 is 0 Å². The Bertz CT molecular complexity index is 333. The van der Waals surface area contributed by atoms with Gasteiger partial charge in [-0.2, -0.15) is 11.8 Å². The lowest BCUT2D eigenvalue weighted by molar-refractivity contribution is 0.572. The van der Waals surface area contributed by atoms with Crippen LogP contribution in [-0.2, 0) is 0 Å². The zero-order chi connectivity index (χ0) is 12.7. The van der Waals surface area contributed by atoms with Crippen LogP contribution in [0.5, 0.6) is 0 Å². The fourth-order valence-corrected chi connectivity index (χ4v) is 2.49. The van der Waals surface area contributed by atoms with Crippen LogP contribution in [0.25, 0.3) is 0 Å². The van der Waals surface area contributed by atoms with E-state index in [-0.39, 0.29) is 5.82 Å². The Morgan fingerprint density at radius 3 is 2.71 bits per heavy atom. The second-order valence-corrected chi connectivity index (χ2v) is 5.49. The van der Waals surface area contributed by atoms with E-state index in [1.165, 1.54) is 5.56 Å². The van der Waals surface area contributed by atoms with Gasteiger partial charge in [0.1, 0.15) is 5.82 Å². The minimum Gasteiger partial charge on any atom is -0.309 e. The predicted molar refractivity (Wildman–Crippen MR) is 75.2 cm³/mol. The molecule has 1 N–H and O–H groups in total. The number of benzene rings is 1. The number of hydrogen-bond acceptors (Lipinski definition) is 2. The van der Waals surface area contributed by atoms with Gasteiger partial charge in [0.15, 0.2) is 0 Å². The number of hydrogen-bond donors (Lipinski definition) is 1. The molecule has 0 aliphatic rings. The van der Waals surface area contributed by atoms with Gasteiger partial charge < -0.3 is 5.32 Å². The SMILES string of the molecule is CCCNC(CSCC)c1ccc(F)c(C)c1. The third-order valence-electron chi connectivity index (χ3n) is 2.71. The summed E-state index contributed by atoms with van der Waals surface area (Å²) in [7, 11) is 0. The van der Waals surface area contributed by atoms with Crippen LogP contribution in [-0.4, -0.2) is 18.1 Å². The van der Waals surface area contributed by atoms with Crippen molar-refractivity contribution in [2.45, 2.75) is 33.2 Å². The maximum absolute atomic E-state index is 13.2. The minimum absolute atomic E-state index is 0.119. The highest BCUT2D eigenvalue weighted by Crippen LogP contribution is 2.20. The summed E-state index contributed by atoms with van der Waals surface area (Å²) in [5.41, 5.74) is 1.92. The Morgan fingerprint density at radius 1 is 1.35 bits per heavy atom. The van der Waals surface area contributed by atoms with Crippen molar-refractivity contribution in [3.8, 4) is 0 Å². The van der Waals surface area contributed by atoms with Crippen LogP contribution in [0.3, 0.4) is 0 Å². The van der Waals surface area contributed by atoms with Gasteiger partial charge in [0.25, 0.3) is 0 Å². The molecule has 0 radical (unpaired) electrons. The number of rotatable bonds is 7. The molecule has 17 heavy (non-hydrogen) atoms. The quantitative estimate of drug-likeness (QED) is 0.792. The van der Waals surface area contributed by atoms with Gasteiger partial charge in [-0.25, -0.2) is 4.39 Å². The van der Waals surface area contributed by atoms with E-state index in [0.717, 1.165) is 30.0 Å². The lowest BCUT2D eigenvalue weighted by Crippen LogP contribution is -2.24. The number of thioether (sulfide) groups is 1. The van der Waals surface area contributed by atoms with Crippen LogP contribution in [0.15, 0.2) is 18.2 Å². The van der Waals surface area contributed by atoms with E-state index in [0.29, 0.717) is 6.04 Å². The summed E-state index contributed by atoms with van der Waals surface area (Å²) in [6.45, 7) is 7.15. The van der Waals surface area contributed by atoms with Crippen molar-refractivity contribution in [3.05, 3.63) is 35.1 Å². The van der Waals surface area contributed by atoms with Crippen molar-refractivity contribution in [3.63, 3.8) is 0 Å². The molecule has 1 rings (SSSR count). The van der Waals surface area contributed by atoms with Crippen LogP contribution in [0.4, 0.5) is 4.39 Å². The third-order valence-corrected chi connectivity index (χ3v) is 3.69. The standard InChI is InChI=1S/C14H22FNS/c1-4-8-16-14(10-17-5-2)12-6-7-13(15)11(3)9-12/h6-7,9,14,16H,4-5,8,10H2,1-3H3. The zero-order valence-corrected chi connectivity index (χ0v) is 11.7. The van der Waals surface area contributed by atoms with Crippen molar-refractivity contribution < 1.29 is 4.39 Å². The molecule has 3 heteroatoms. The van der Waals surface area contributed by atoms with Gasteiger partial charge in [0, 0.05) is 11.8 Å². The normalized spacial score (nSPS) is 12.7. The first kappa shape index (κ1) is 14.5. The summed E-state index contributed by atoms with van der Waals surface area (Å²) in [6, 6.07) is 5.76. The largest absolute Gasteiger partial charge is 0.309 e. The highest BCUT2D eigenvalue weighted by Gasteiger charge is 2.11. The molecule has 0 aliphatic carbocycles. The van der Waals surface area contributed by atoms with Crippen LogP contribution < -0.4 is 5.32 Å². The molecule has 0 bridgehead atoms. The average Bonchev–Trinajstić information content (AvgIpc) is 2.33. The van der Waals surface area contributed by atoms with Gasteiger partial charge in [-0.3, -0.25) is 0 Å². The first-order chi connectivity index (χ1) is 8.19. The number of nitrogens with one attached hydrogen (secondary N) is 1. The van der Waals surface area contributed by atoms with Crippen LogP contribution in [0, 0.1) is 12.7 Å². The van der Waals surface area contributed by atoms with E-state index in [9.17, 15) is 4.39 Å². The van der Waals surface area contributed by atoms with E-state index in [4.69, 9.17) is 0 Å². The lowest BCUT2D eigenvalue weighted by atomic mass is 10.1. The summed E-state index contributed by atoms with van der Waals surface area (Å²) in [5.74, 6) is 2.04. The molecule has 1 nitrogen and oxygen atoms in total. The predicted octanol–water partition coefficient (Wildman–Crippen LogP) is 3.93. The van der Waals surface area contributed by atoms with E-state index in [2.05, 4.69) is 19.2 Å². The zero-order valence-electron chi connectivity index (χ0n) is 10.9. The summed E-state index contributed by atoms with van der Waals surface area (Å²) in [5, 5.41) is 3.52. The number of aryl methyl sites for hydroxylation is 1. The van der Waals surface area contributed by atoms with E-state index in [1.807, 2.05) is 30.8 Å². The lowest BCUT2D eigenvalue weighted by Gasteiger charge is -2.19. The highest BCUT2D eigenvalue weighted by atomic mass is 32.2. The van der Waals surface area contributed by atoms with Crippen molar-refractivity contribution >= 4 is 11.8 Å². The van der Waals surface area contributed by atoms with E-state index in [1.54, 1.807) is 6.07 Å². The Balaban J connectivity index is 2.75. The average molecular weight is 255 g/mol. The molecule has 0 fully saturated rings. The fourth-order valence-electron chi connectivity index (χ4n) is 1.71. The first-order valence-corrected chi connectivity index (χ1v) is 7.41. The Morgan fingerprint density at radius 2 is 2.12 bits per heavy atom. The fraction of sp³-hybridized carbons (Fsp3) is 0.571. The van der Waals surface area contributed by atoms with Crippen molar-refractivity contribution in [1.29, 1.82) is 0 Å². The van der Waals surface area contributed by atoms with Crippen molar-refractivity contribution in [1.82, 2.24) is 5.32 Å². The minimum atomic E-state index is -0.119. The maximum Gasteiger partial charge on any atom is 0.126 e. The van der Waals surface area contributed by atoms with Crippen molar-refractivity contribution in [2.75, 3.05) is 18.1 Å². The monoisotopic (exact) mass is 255 g/mol. The molecule has 0 aliphatic heterocycles. The second-order valence-electron chi connectivity index (χ2n) is 4.17. The summed E-state index contributed by atoms with van der Waals surface area (Å²) < 4.78 is 13.2. The molecule has 0 aromatic heterocycles. The Kier molecular flexibility index (Phi) is 6.60. The third kappa shape index (κ3) is 4.68. The van der Waals surface area contributed by atoms with Gasteiger partial charge >= 0.3 is 0 Å².